The lowest BCUT2D eigenvalue weighted by molar-refractivity contribution is -0.385. The van der Waals surface area contributed by atoms with E-state index in [0.717, 1.165) is 12.1 Å². The molecule has 0 amide bonds. The molecule has 2 aromatic carbocycles. The van der Waals surface area contributed by atoms with Crippen molar-refractivity contribution < 1.29 is 26.7 Å². The summed E-state index contributed by atoms with van der Waals surface area (Å²) in [5.41, 5.74) is -0.630. The molecule has 0 fully saturated rings. The number of benzene rings is 2. The van der Waals surface area contributed by atoms with Crippen LogP contribution >= 0.6 is 0 Å². The van der Waals surface area contributed by atoms with Gasteiger partial charge in [0, 0.05) is 64.5 Å². The van der Waals surface area contributed by atoms with Crippen molar-refractivity contribution in [1.29, 1.82) is 0 Å². The van der Waals surface area contributed by atoms with Crippen LogP contribution in [0, 0.1) is 20.2 Å². The smallest absolute Gasteiger partial charge is 0.270 e. The average Bonchev–Trinajstić information content (AvgIpc) is 2.94. The number of amidine groups is 2. The highest BCUT2D eigenvalue weighted by Gasteiger charge is 2.18. The highest BCUT2D eigenvalue weighted by molar-refractivity contribution is 7.89. The fourth-order valence-corrected chi connectivity index (χ4v) is 5.50. The molecule has 0 aromatic heterocycles. The van der Waals surface area contributed by atoms with Gasteiger partial charge in [0.25, 0.3) is 11.4 Å². The molecule has 0 bridgehead atoms. The molecule has 0 saturated carbocycles. The minimum atomic E-state index is -3.92. The molecule has 16 nitrogen and oxygen atoms in total. The molecule has 0 aliphatic rings. The van der Waals surface area contributed by atoms with E-state index in [1.807, 2.05) is 0 Å². The molecule has 0 spiro atoms. The number of nitrogens with one attached hydrogen (secondary N) is 2. The zero-order valence-electron chi connectivity index (χ0n) is 23.6. The van der Waals surface area contributed by atoms with Gasteiger partial charge in [0.2, 0.25) is 20.0 Å². The maximum Gasteiger partial charge on any atom is 0.270 e. The van der Waals surface area contributed by atoms with Crippen LogP contribution in [0.3, 0.4) is 0 Å². The van der Waals surface area contributed by atoms with Crippen LogP contribution in [0.4, 0.5) is 11.4 Å². The second-order valence-corrected chi connectivity index (χ2v) is 12.5. The van der Waals surface area contributed by atoms with E-state index in [-0.39, 0.29) is 34.3 Å². The lowest BCUT2D eigenvalue weighted by Gasteiger charge is -2.20. The van der Waals surface area contributed by atoms with Crippen molar-refractivity contribution >= 4 is 43.1 Å². The van der Waals surface area contributed by atoms with Gasteiger partial charge in [0.15, 0.2) is 0 Å². The van der Waals surface area contributed by atoms with Gasteiger partial charge in [-0.1, -0.05) is 12.1 Å². The summed E-state index contributed by atoms with van der Waals surface area (Å²) < 4.78 is 54.6. The number of nitro groups is 2. The first-order chi connectivity index (χ1) is 19.6. The van der Waals surface area contributed by atoms with Crippen LogP contribution in [-0.4, -0.2) is 102 Å². The van der Waals surface area contributed by atoms with E-state index in [4.69, 9.17) is 0 Å². The number of rotatable bonds is 15. The highest BCUT2D eigenvalue weighted by Crippen LogP contribution is 2.18. The van der Waals surface area contributed by atoms with Gasteiger partial charge >= 0.3 is 0 Å². The third-order valence-electron chi connectivity index (χ3n) is 6.04. The second kappa shape index (κ2) is 15.3. The topological polar surface area (TPSA) is 210 Å². The molecule has 0 heterocycles. The number of hydrogen-bond donors (Lipinski definition) is 2. The maximum absolute atomic E-state index is 12.4. The number of nitrogens with zero attached hydrogens (tertiary/aromatic N) is 6. The molecule has 0 saturated heterocycles. The molecule has 0 aliphatic heterocycles. The highest BCUT2D eigenvalue weighted by atomic mass is 32.2. The van der Waals surface area contributed by atoms with Crippen molar-refractivity contribution in [3.63, 3.8) is 0 Å². The van der Waals surface area contributed by atoms with Gasteiger partial charge in [0.05, 0.1) is 44.4 Å². The summed E-state index contributed by atoms with van der Waals surface area (Å²) in [6, 6.07) is 9.60. The Morgan fingerprint density at radius 1 is 0.738 bits per heavy atom. The molecule has 0 radical (unpaired) electrons. The Hall–Kier alpha value is -4.00. The number of likely N-dealkylation sites (N-methyl/N-ethyl adjacent to an activating group) is 2. The van der Waals surface area contributed by atoms with Crippen molar-refractivity contribution in [2.75, 3.05) is 53.4 Å². The predicted molar refractivity (Wildman–Crippen MR) is 158 cm³/mol. The molecule has 2 N–H and O–H groups in total. The lowest BCUT2D eigenvalue weighted by atomic mass is 10.3. The van der Waals surface area contributed by atoms with E-state index in [1.165, 1.54) is 36.4 Å². The van der Waals surface area contributed by atoms with Crippen molar-refractivity contribution in [1.82, 2.24) is 19.2 Å². The summed E-state index contributed by atoms with van der Waals surface area (Å²) in [6.07, 6.45) is 0. The third-order valence-corrected chi connectivity index (χ3v) is 8.96. The Balaban J connectivity index is 1.78. The lowest BCUT2D eigenvalue weighted by Crippen LogP contribution is -2.35. The summed E-state index contributed by atoms with van der Waals surface area (Å²) in [7, 11) is -4.34. The molecule has 230 valence electrons. The van der Waals surface area contributed by atoms with Crippen molar-refractivity contribution in [3.05, 3.63) is 68.8 Å². The van der Waals surface area contributed by atoms with Crippen LogP contribution in [0.5, 0.6) is 0 Å². The number of aliphatic imine (C=N–C) groups is 2. The molecular weight excluding hydrogens is 592 g/mol. The van der Waals surface area contributed by atoms with E-state index in [1.54, 1.807) is 37.7 Å². The second-order valence-electron chi connectivity index (χ2n) is 9.01. The van der Waals surface area contributed by atoms with E-state index in [9.17, 15) is 37.1 Å². The van der Waals surface area contributed by atoms with Crippen LogP contribution in [0.15, 0.2) is 68.3 Å². The van der Waals surface area contributed by atoms with Gasteiger partial charge in [-0.3, -0.25) is 30.2 Å². The number of hydrogen-bond acceptors (Lipinski definition) is 10. The van der Waals surface area contributed by atoms with Crippen molar-refractivity contribution in [2.24, 2.45) is 9.98 Å². The van der Waals surface area contributed by atoms with E-state index < -0.39 is 29.9 Å². The number of non-ortho nitro benzene ring substituents is 2. The van der Waals surface area contributed by atoms with Crippen LogP contribution in [0.25, 0.3) is 0 Å². The van der Waals surface area contributed by atoms with Crippen molar-refractivity contribution in [2.45, 2.75) is 23.6 Å². The van der Waals surface area contributed by atoms with Gasteiger partial charge in [-0.15, -0.1) is 0 Å². The molecule has 0 atom stereocenters. The van der Waals surface area contributed by atoms with E-state index in [0.29, 0.717) is 37.9 Å². The number of nitro benzene ring substituents is 2. The summed E-state index contributed by atoms with van der Waals surface area (Å²) >= 11 is 0. The quantitative estimate of drug-likeness (QED) is 0.0955. The third kappa shape index (κ3) is 10.4. The van der Waals surface area contributed by atoms with E-state index in [2.05, 4.69) is 19.4 Å². The molecule has 2 aromatic rings. The van der Waals surface area contributed by atoms with Gasteiger partial charge in [-0.05, 0) is 26.0 Å². The Labute approximate surface area is 244 Å². The SMILES string of the molecule is CC(=NCCN=C(C)N(C)CCNS(=O)(=O)c1cccc([N+](=O)[O-])c1)N(C)CCNS(=O)(=O)c1cccc([N+](=O)[O-])c1. The van der Waals surface area contributed by atoms with E-state index >= 15 is 0 Å². The summed E-state index contributed by atoms with van der Waals surface area (Å²) in [6.45, 7) is 4.99. The Morgan fingerprint density at radius 2 is 1.10 bits per heavy atom. The summed E-state index contributed by atoms with van der Waals surface area (Å²) in [5.74, 6) is 1.31. The normalized spacial score (nSPS) is 12.7. The first-order valence-electron chi connectivity index (χ1n) is 12.6. The van der Waals surface area contributed by atoms with Gasteiger partial charge in [0.1, 0.15) is 0 Å². The van der Waals surface area contributed by atoms with Gasteiger partial charge < -0.3 is 9.80 Å². The van der Waals surface area contributed by atoms with Crippen molar-refractivity contribution in [3.8, 4) is 0 Å². The fraction of sp³-hybridized carbons (Fsp3) is 0.417. The average molecular weight is 627 g/mol. The molecular formula is C24H34N8O8S2. The first-order valence-corrected chi connectivity index (χ1v) is 15.5. The summed E-state index contributed by atoms with van der Waals surface area (Å²) in [4.78, 5) is 32.5. The molecule has 18 heteroatoms. The predicted octanol–water partition coefficient (Wildman–Crippen LogP) is 1.46. The Kier molecular flexibility index (Phi) is 12.5. The maximum atomic E-state index is 12.4. The first kappa shape index (κ1) is 34.2. The zero-order valence-corrected chi connectivity index (χ0v) is 25.3. The molecule has 42 heavy (non-hydrogen) atoms. The van der Waals surface area contributed by atoms with Crippen LogP contribution < -0.4 is 9.44 Å². The largest absolute Gasteiger partial charge is 0.362 e. The Morgan fingerprint density at radius 3 is 1.43 bits per heavy atom. The summed E-state index contributed by atoms with van der Waals surface area (Å²) in [5, 5.41) is 21.8. The molecule has 0 aliphatic carbocycles. The monoisotopic (exact) mass is 626 g/mol. The van der Waals surface area contributed by atoms with Crippen LogP contribution in [0.2, 0.25) is 0 Å². The minimum Gasteiger partial charge on any atom is -0.362 e. The molecule has 0 unspecified atom stereocenters. The zero-order chi connectivity index (χ0) is 31.5. The Bertz CT molecular complexity index is 1430. The van der Waals surface area contributed by atoms with Crippen LogP contribution in [-0.2, 0) is 20.0 Å². The van der Waals surface area contributed by atoms with Gasteiger partial charge in [-0.25, -0.2) is 26.3 Å². The standard InChI is InChI=1S/C24H34N8O8S2/c1-19(29(3)15-13-27-41(37,38)23-9-5-7-21(17-23)31(33)34)25-11-12-26-20(2)30(4)16-14-28-42(39,40)24-10-6-8-22(18-24)32(35)36/h5-10,17-18,27-28H,11-16H2,1-4H3. The molecule has 2 rings (SSSR count). The minimum absolute atomic E-state index is 0.0569. The van der Waals surface area contributed by atoms with Crippen LogP contribution in [0.1, 0.15) is 13.8 Å². The number of sulfonamides is 2. The van der Waals surface area contributed by atoms with Gasteiger partial charge in [-0.2, -0.15) is 0 Å². The fourth-order valence-electron chi connectivity index (χ4n) is 3.38.